The lowest BCUT2D eigenvalue weighted by molar-refractivity contribution is -0.135. The number of nitrogens with one attached hydrogen (secondary N) is 2. The van der Waals surface area contributed by atoms with Gasteiger partial charge in [0.15, 0.2) is 29.0 Å². The Morgan fingerprint density at radius 2 is 1.92 bits per heavy atom. The van der Waals surface area contributed by atoms with E-state index in [1.54, 1.807) is 4.90 Å². The molecule has 2 amide bonds. The van der Waals surface area contributed by atoms with Gasteiger partial charge in [-0.05, 0) is 55.0 Å². The second-order valence-corrected chi connectivity index (χ2v) is 8.96. The summed E-state index contributed by atoms with van der Waals surface area (Å²) in [5.41, 5.74) is -0.0633. The quantitative estimate of drug-likeness (QED) is 0.386. The minimum atomic E-state index is -0.728. The molecule has 3 aromatic rings. The van der Waals surface area contributed by atoms with Crippen LogP contribution in [0.5, 0.6) is 11.5 Å². The third-order valence-electron chi connectivity index (χ3n) is 6.54. The van der Waals surface area contributed by atoms with Gasteiger partial charge in [-0.1, -0.05) is 6.07 Å². The maximum Gasteiger partial charge on any atom is 0.287 e. The summed E-state index contributed by atoms with van der Waals surface area (Å²) in [7, 11) is 1.33. The van der Waals surface area contributed by atoms with Gasteiger partial charge < -0.3 is 29.8 Å². The molecule has 10 nitrogen and oxygen atoms in total. The SMILES string of the molecule is COc1cc(CNC(=O)c2nc3ccc(F)c(OCCC4CCN(C(=O)CO)CC4)c3c(=O)[nH]2)ccc1F. The standard InChI is InChI=1S/C26H28F2N4O6/c1-37-20-12-16(2-3-17(20)27)13-29-26(36)24-30-19-5-4-18(28)23(22(19)25(35)31-24)38-11-8-15-6-9-32(10-7-15)21(34)14-33/h2-5,12,15,33H,6-11,13-14H2,1H3,(H,29,36)(H,30,31,35). The number of rotatable bonds is 9. The predicted molar refractivity (Wildman–Crippen MR) is 133 cm³/mol. The highest BCUT2D eigenvalue weighted by molar-refractivity contribution is 5.93. The number of H-pyrrole nitrogens is 1. The maximum atomic E-state index is 14.6. The first kappa shape index (κ1) is 27.0. The first-order valence-electron chi connectivity index (χ1n) is 12.1. The number of amides is 2. The van der Waals surface area contributed by atoms with Crippen LogP contribution in [0.4, 0.5) is 8.78 Å². The summed E-state index contributed by atoms with van der Waals surface area (Å²) < 4.78 is 38.8. The van der Waals surface area contributed by atoms with Crippen LogP contribution in [-0.2, 0) is 11.3 Å². The van der Waals surface area contributed by atoms with E-state index >= 15 is 0 Å². The minimum Gasteiger partial charge on any atom is -0.494 e. The zero-order chi connectivity index (χ0) is 27.2. The number of carbonyl (C=O) groups excluding carboxylic acids is 2. The molecule has 0 unspecified atom stereocenters. The smallest absolute Gasteiger partial charge is 0.287 e. The number of carbonyl (C=O) groups is 2. The Morgan fingerprint density at radius 3 is 2.63 bits per heavy atom. The molecule has 1 aromatic heterocycles. The Labute approximate surface area is 216 Å². The van der Waals surface area contributed by atoms with Gasteiger partial charge in [-0.3, -0.25) is 14.4 Å². The monoisotopic (exact) mass is 530 g/mol. The van der Waals surface area contributed by atoms with E-state index < -0.39 is 29.7 Å². The lowest BCUT2D eigenvalue weighted by atomic mass is 9.94. The highest BCUT2D eigenvalue weighted by atomic mass is 19.1. The van der Waals surface area contributed by atoms with Crippen molar-refractivity contribution in [2.45, 2.75) is 25.8 Å². The third kappa shape index (κ3) is 6.08. The zero-order valence-electron chi connectivity index (χ0n) is 20.8. The molecular weight excluding hydrogens is 502 g/mol. The molecule has 0 atom stereocenters. The van der Waals surface area contributed by atoms with E-state index in [0.717, 1.165) is 18.9 Å². The largest absolute Gasteiger partial charge is 0.494 e. The molecule has 202 valence electrons. The lowest BCUT2D eigenvalue weighted by Crippen LogP contribution is -2.40. The van der Waals surface area contributed by atoms with Crippen molar-refractivity contribution in [2.75, 3.05) is 33.4 Å². The molecule has 1 aliphatic heterocycles. The maximum absolute atomic E-state index is 14.6. The number of ether oxygens (including phenoxy) is 2. The van der Waals surface area contributed by atoms with Crippen LogP contribution in [0.25, 0.3) is 10.9 Å². The van der Waals surface area contributed by atoms with Crippen molar-refractivity contribution in [3.05, 3.63) is 63.7 Å². The molecule has 1 saturated heterocycles. The van der Waals surface area contributed by atoms with Crippen LogP contribution >= 0.6 is 0 Å². The topological polar surface area (TPSA) is 134 Å². The fraction of sp³-hybridized carbons (Fsp3) is 0.385. The summed E-state index contributed by atoms with van der Waals surface area (Å²) in [6.45, 7) is 0.745. The molecular formula is C26H28F2N4O6. The van der Waals surface area contributed by atoms with Crippen molar-refractivity contribution in [2.24, 2.45) is 5.92 Å². The predicted octanol–water partition coefficient (Wildman–Crippen LogP) is 2.14. The number of hydrogen-bond acceptors (Lipinski definition) is 7. The molecule has 0 bridgehead atoms. The second-order valence-electron chi connectivity index (χ2n) is 8.96. The number of aliphatic hydroxyl groups excluding tert-OH is 1. The number of likely N-dealkylation sites (tertiary alicyclic amines) is 1. The first-order chi connectivity index (χ1) is 18.3. The van der Waals surface area contributed by atoms with Gasteiger partial charge >= 0.3 is 0 Å². The van der Waals surface area contributed by atoms with Crippen LogP contribution in [0.15, 0.2) is 35.1 Å². The number of methoxy groups -OCH3 is 1. The average molecular weight is 531 g/mol. The van der Waals surface area contributed by atoms with Gasteiger partial charge in [0.1, 0.15) is 12.0 Å². The summed E-state index contributed by atoms with van der Waals surface area (Å²) in [5, 5.41) is 11.5. The second kappa shape index (κ2) is 12.0. The Kier molecular flexibility index (Phi) is 8.52. The van der Waals surface area contributed by atoms with Crippen LogP contribution in [0.3, 0.4) is 0 Å². The van der Waals surface area contributed by atoms with Crippen LogP contribution in [0.1, 0.15) is 35.4 Å². The summed E-state index contributed by atoms with van der Waals surface area (Å²) >= 11 is 0. The number of aromatic nitrogens is 2. The van der Waals surface area contributed by atoms with E-state index in [1.807, 2.05) is 0 Å². The van der Waals surface area contributed by atoms with Gasteiger partial charge in [-0.15, -0.1) is 0 Å². The highest BCUT2D eigenvalue weighted by Crippen LogP contribution is 2.27. The molecule has 0 saturated carbocycles. The molecule has 0 radical (unpaired) electrons. The van der Waals surface area contributed by atoms with Crippen molar-refractivity contribution in [1.82, 2.24) is 20.2 Å². The first-order valence-corrected chi connectivity index (χ1v) is 12.1. The fourth-order valence-corrected chi connectivity index (χ4v) is 4.41. The van der Waals surface area contributed by atoms with Crippen LogP contribution in [-0.4, -0.2) is 65.2 Å². The van der Waals surface area contributed by atoms with Gasteiger partial charge in [0, 0.05) is 19.6 Å². The molecule has 12 heteroatoms. The van der Waals surface area contributed by atoms with E-state index in [-0.39, 0.29) is 53.2 Å². The van der Waals surface area contributed by atoms with Crippen molar-refractivity contribution < 1.29 is 33.0 Å². The van der Waals surface area contributed by atoms with Gasteiger partial charge in [0.25, 0.3) is 11.5 Å². The number of nitrogens with zero attached hydrogens (tertiary/aromatic N) is 2. The fourth-order valence-electron chi connectivity index (χ4n) is 4.41. The Bertz CT molecular complexity index is 1390. The van der Waals surface area contributed by atoms with E-state index in [0.29, 0.717) is 25.1 Å². The Balaban J connectivity index is 1.41. The molecule has 1 aliphatic rings. The Hall–Kier alpha value is -4.06. The number of hydrogen-bond donors (Lipinski definition) is 3. The zero-order valence-corrected chi connectivity index (χ0v) is 20.8. The van der Waals surface area contributed by atoms with Crippen molar-refractivity contribution in [3.63, 3.8) is 0 Å². The number of piperidine rings is 1. The van der Waals surface area contributed by atoms with E-state index in [9.17, 15) is 23.2 Å². The molecule has 4 rings (SSSR count). The van der Waals surface area contributed by atoms with Crippen LogP contribution in [0, 0.1) is 17.6 Å². The molecule has 3 N–H and O–H groups in total. The normalized spacial score (nSPS) is 13.9. The van der Waals surface area contributed by atoms with Gasteiger partial charge in [0.05, 0.1) is 19.2 Å². The van der Waals surface area contributed by atoms with Crippen molar-refractivity contribution >= 4 is 22.7 Å². The number of halogens is 2. The van der Waals surface area contributed by atoms with Gasteiger partial charge in [0.2, 0.25) is 5.91 Å². The van der Waals surface area contributed by atoms with Crippen LogP contribution in [0.2, 0.25) is 0 Å². The number of benzene rings is 2. The number of aromatic amines is 1. The van der Waals surface area contributed by atoms with E-state index in [1.165, 1.54) is 31.4 Å². The summed E-state index contributed by atoms with van der Waals surface area (Å²) in [6.07, 6.45) is 2.06. The summed E-state index contributed by atoms with van der Waals surface area (Å²) in [5.74, 6) is -2.45. The highest BCUT2D eigenvalue weighted by Gasteiger charge is 2.23. The van der Waals surface area contributed by atoms with E-state index in [4.69, 9.17) is 14.6 Å². The van der Waals surface area contributed by atoms with E-state index in [2.05, 4.69) is 15.3 Å². The molecule has 2 heterocycles. The lowest BCUT2D eigenvalue weighted by Gasteiger charge is -2.31. The number of aliphatic hydroxyl groups is 1. The van der Waals surface area contributed by atoms with Gasteiger partial charge in [-0.2, -0.15) is 0 Å². The molecule has 1 fully saturated rings. The minimum absolute atomic E-state index is 0.0298. The number of fused-ring (bicyclic) bond motifs is 1. The molecule has 2 aromatic carbocycles. The molecule has 38 heavy (non-hydrogen) atoms. The average Bonchev–Trinajstić information content (AvgIpc) is 2.93. The summed E-state index contributed by atoms with van der Waals surface area (Å²) in [6, 6.07) is 6.56. The molecule has 0 spiro atoms. The third-order valence-corrected chi connectivity index (χ3v) is 6.54. The summed E-state index contributed by atoms with van der Waals surface area (Å²) in [4.78, 5) is 45.2. The van der Waals surface area contributed by atoms with Crippen LogP contribution < -0.4 is 20.3 Å². The Morgan fingerprint density at radius 1 is 1.18 bits per heavy atom. The van der Waals surface area contributed by atoms with Crippen molar-refractivity contribution in [3.8, 4) is 11.5 Å². The van der Waals surface area contributed by atoms with Gasteiger partial charge in [-0.25, -0.2) is 13.8 Å². The molecule has 0 aliphatic carbocycles. The van der Waals surface area contributed by atoms with Crippen molar-refractivity contribution in [1.29, 1.82) is 0 Å².